The third-order valence-corrected chi connectivity index (χ3v) is 3.04. The fraction of sp³-hybridized carbons (Fsp3) is 0.533. The first kappa shape index (κ1) is 16.3. The Labute approximate surface area is 121 Å². The third-order valence-electron chi connectivity index (χ3n) is 3.04. The van der Waals surface area contributed by atoms with E-state index in [1.54, 1.807) is 12.1 Å². The Morgan fingerprint density at radius 1 is 1.35 bits per heavy atom. The van der Waals surface area contributed by atoms with Gasteiger partial charge in [0.1, 0.15) is 0 Å². The van der Waals surface area contributed by atoms with Crippen molar-refractivity contribution in [2.24, 2.45) is 0 Å². The van der Waals surface area contributed by atoms with Gasteiger partial charge in [-0.1, -0.05) is 0 Å². The Balaban J connectivity index is 2.99. The van der Waals surface area contributed by atoms with E-state index in [1.165, 1.54) is 0 Å². The van der Waals surface area contributed by atoms with E-state index >= 15 is 0 Å². The van der Waals surface area contributed by atoms with Gasteiger partial charge in [-0.05, 0) is 39.0 Å². The van der Waals surface area contributed by atoms with Gasteiger partial charge in [0.15, 0.2) is 0 Å². The van der Waals surface area contributed by atoms with Crippen LogP contribution in [0, 0.1) is 0 Å². The number of nitrogen functional groups attached to an aromatic ring is 1. The molecule has 0 fully saturated rings. The lowest BCUT2D eigenvalue weighted by molar-refractivity contribution is 0.0956. The summed E-state index contributed by atoms with van der Waals surface area (Å²) in [5.41, 5.74) is 8.03. The Kier molecular flexibility index (Phi) is 6.87. The summed E-state index contributed by atoms with van der Waals surface area (Å²) in [4.78, 5) is 14.2. The number of benzene rings is 1. The molecule has 5 nitrogen and oxygen atoms in total. The second kappa shape index (κ2) is 8.43. The van der Waals surface area contributed by atoms with Crippen LogP contribution in [0.15, 0.2) is 18.2 Å². The SMILES string of the molecule is CCNC(=O)c1ccc(N)cc1N(CC)CCOCC. The number of nitrogens with two attached hydrogens (primary N) is 1. The number of anilines is 2. The fourth-order valence-corrected chi connectivity index (χ4v) is 2.03. The van der Waals surface area contributed by atoms with Gasteiger partial charge in [0.05, 0.1) is 17.9 Å². The zero-order valence-electron chi connectivity index (χ0n) is 12.6. The van der Waals surface area contributed by atoms with Crippen LogP contribution in [0.5, 0.6) is 0 Å². The van der Waals surface area contributed by atoms with Crippen LogP contribution >= 0.6 is 0 Å². The van der Waals surface area contributed by atoms with Gasteiger partial charge in [0.2, 0.25) is 0 Å². The number of likely N-dealkylation sites (N-methyl/N-ethyl adjacent to an activating group) is 1. The van der Waals surface area contributed by atoms with E-state index in [4.69, 9.17) is 10.5 Å². The molecule has 0 heterocycles. The van der Waals surface area contributed by atoms with Gasteiger partial charge in [-0.15, -0.1) is 0 Å². The number of hydrogen-bond donors (Lipinski definition) is 2. The summed E-state index contributed by atoms with van der Waals surface area (Å²) in [7, 11) is 0. The summed E-state index contributed by atoms with van der Waals surface area (Å²) in [6.07, 6.45) is 0. The minimum atomic E-state index is -0.0719. The molecule has 0 aromatic heterocycles. The van der Waals surface area contributed by atoms with Gasteiger partial charge in [-0.25, -0.2) is 0 Å². The molecule has 0 bridgehead atoms. The van der Waals surface area contributed by atoms with E-state index in [-0.39, 0.29) is 5.91 Å². The fourth-order valence-electron chi connectivity index (χ4n) is 2.03. The zero-order valence-corrected chi connectivity index (χ0v) is 12.6. The van der Waals surface area contributed by atoms with Crippen LogP contribution in [-0.2, 0) is 4.74 Å². The monoisotopic (exact) mass is 279 g/mol. The molecule has 0 aliphatic carbocycles. The summed E-state index contributed by atoms with van der Waals surface area (Å²) in [5, 5.41) is 2.83. The maximum Gasteiger partial charge on any atom is 0.253 e. The molecule has 0 saturated carbocycles. The van der Waals surface area contributed by atoms with Gasteiger partial charge in [0.25, 0.3) is 5.91 Å². The van der Waals surface area contributed by atoms with Crippen molar-refractivity contribution in [1.29, 1.82) is 0 Å². The highest BCUT2D eigenvalue weighted by Gasteiger charge is 2.15. The Morgan fingerprint density at radius 3 is 2.70 bits per heavy atom. The standard InChI is InChI=1S/C15H25N3O2/c1-4-17-15(19)13-8-7-12(16)11-14(13)18(5-2)9-10-20-6-3/h7-8,11H,4-6,9-10,16H2,1-3H3,(H,17,19). The zero-order chi connectivity index (χ0) is 15.0. The lowest BCUT2D eigenvalue weighted by Gasteiger charge is -2.25. The number of hydrogen-bond acceptors (Lipinski definition) is 4. The van der Waals surface area contributed by atoms with Crippen LogP contribution in [-0.4, -0.2) is 38.8 Å². The maximum atomic E-state index is 12.1. The predicted octanol–water partition coefficient (Wildman–Crippen LogP) is 1.88. The Morgan fingerprint density at radius 2 is 2.10 bits per heavy atom. The molecule has 5 heteroatoms. The molecule has 0 spiro atoms. The summed E-state index contributed by atoms with van der Waals surface area (Å²) >= 11 is 0. The number of amides is 1. The average Bonchev–Trinajstić information content (AvgIpc) is 2.44. The van der Waals surface area contributed by atoms with Crippen LogP contribution in [0.25, 0.3) is 0 Å². The summed E-state index contributed by atoms with van der Waals surface area (Å²) in [6.45, 7) is 9.39. The second-order valence-corrected chi connectivity index (χ2v) is 4.41. The van der Waals surface area contributed by atoms with Crippen LogP contribution in [0.2, 0.25) is 0 Å². The minimum Gasteiger partial charge on any atom is -0.399 e. The van der Waals surface area contributed by atoms with E-state index in [0.29, 0.717) is 31.0 Å². The van der Waals surface area contributed by atoms with Gasteiger partial charge < -0.3 is 20.7 Å². The van der Waals surface area contributed by atoms with E-state index in [0.717, 1.165) is 18.8 Å². The first-order valence-corrected chi connectivity index (χ1v) is 7.14. The molecule has 0 aliphatic heterocycles. The van der Waals surface area contributed by atoms with Gasteiger partial charge >= 0.3 is 0 Å². The van der Waals surface area contributed by atoms with Gasteiger partial charge in [-0.3, -0.25) is 4.79 Å². The molecule has 0 saturated heterocycles. The van der Waals surface area contributed by atoms with Gasteiger partial charge in [0, 0.05) is 31.9 Å². The number of carbonyl (C=O) groups is 1. The smallest absolute Gasteiger partial charge is 0.253 e. The van der Waals surface area contributed by atoms with Crippen LogP contribution in [0.1, 0.15) is 31.1 Å². The predicted molar refractivity (Wildman–Crippen MR) is 83.2 cm³/mol. The van der Waals surface area contributed by atoms with E-state index in [2.05, 4.69) is 17.1 Å². The van der Waals surface area contributed by atoms with Crippen LogP contribution in [0.4, 0.5) is 11.4 Å². The number of rotatable bonds is 8. The highest BCUT2D eigenvalue weighted by Crippen LogP contribution is 2.23. The highest BCUT2D eigenvalue weighted by atomic mass is 16.5. The van der Waals surface area contributed by atoms with Gasteiger partial charge in [-0.2, -0.15) is 0 Å². The van der Waals surface area contributed by atoms with Crippen molar-refractivity contribution in [1.82, 2.24) is 5.32 Å². The molecule has 20 heavy (non-hydrogen) atoms. The molecule has 0 atom stereocenters. The largest absolute Gasteiger partial charge is 0.399 e. The third kappa shape index (κ3) is 4.42. The van der Waals surface area contributed by atoms with Crippen LogP contribution in [0.3, 0.4) is 0 Å². The van der Waals surface area contributed by atoms with Crippen molar-refractivity contribution in [3.05, 3.63) is 23.8 Å². The molecule has 1 amide bonds. The molecule has 1 rings (SSSR count). The molecule has 0 radical (unpaired) electrons. The normalized spacial score (nSPS) is 10.3. The number of nitrogens with one attached hydrogen (secondary N) is 1. The Bertz CT molecular complexity index is 435. The maximum absolute atomic E-state index is 12.1. The van der Waals surface area contributed by atoms with Crippen LogP contribution < -0.4 is 16.0 Å². The molecule has 0 unspecified atom stereocenters. The van der Waals surface area contributed by atoms with E-state index < -0.39 is 0 Å². The first-order valence-electron chi connectivity index (χ1n) is 7.14. The average molecular weight is 279 g/mol. The molecular weight excluding hydrogens is 254 g/mol. The van der Waals surface area contributed by atoms with Crippen molar-refractivity contribution in [3.63, 3.8) is 0 Å². The summed E-state index contributed by atoms with van der Waals surface area (Å²) < 4.78 is 5.39. The molecule has 1 aromatic rings. The summed E-state index contributed by atoms with van der Waals surface area (Å²) in [5.74, 6) is -0.0719. The molecule has 3 N–H and O–H groups in total. The molecule has 1 aromatic carbocycles. The number of nitrogens with zero attached hydrogens (tertiary/aromatic N) is 1. The topological polar surface area (TPSA) is 67.6 Å². The Hall–Kier alpha value is -1.75. The summed E-state index contributed by atoms with van der Waals surface area (Å²) in [6, 6.07) is 5.38. The highest BCUT2D eigenvalue weighted by molar-refractivity contribution is 6.00. The van der Waals surface area contributed by atoms with Crippen molar-refractivity contribution in [3.8, 4) is 0 Å². The van der Waals surface area contributed by atoms with Crippen molar-refractivity contribution < 1.29 is 9.53 Å². The van der Waals surface area contributed by atoms with E-state index in [9.17, 15) is 4.79 Å². The van der Waals surface area contributed by atoms with Crippen molar-refractivity contribution >= 4 is 17.3 Å². The lowest BCUT2D eigenvalue weighted by Crippen LogP contribution is -2.31. The molecule has 0 aliphatic rings. The number of ether oxygens (including phenoxy) is 1. The minimum absolute atomic E-state index is 0.0719. The molecule has 112 valence electrons. The van der Waals surface area contributed by atoms with Crippen molar-refractivity contribution in [2.75, 3.05) is 43.5 Å². The molecular formula is C15H25N3O2. The number of carbonyl (C=O) groups excluding carboxylic acids is 1. The van der Waals surface area contributed by atoms with Crippen molar-refractivity contribution in [2.45, 2.75) is 20.8 Å². The second-order valence-electron chi connectivity index (χ2n) is 4.41. The lowest BCUT2D eigenvalue weighted by atomic mass is 10.1. The quantitative estimate of drug-likeness (QED) is 0.563. The van der Waals surface area contributed by atoms with E-state index in [1.807, 2.05) is 19.9 Å². The first-order chi connectivity index (χ1) is 9.63.